The lowest BCUT2D eigenvalue weighted by atomic mass is 10.3. The molecule has 0 spiro atoms. The van der Waals surface area contributed by atoms with Gasteiger partial charge in [-0.15, -0.1) is 0 Å². The summed E-state index contributed by atoms with van der Waals surface area (Å²) in [7, 11) is 0. The maximum atomic E-state index is 12.5. The SMILES string of the molecule is Cc1cc(C(F)(F)F)nn1CC(=O)Nc1ccc(Cl)cc1Cl. The summed E-state index contributed by atoms with van der Waals surface area (Å²) in [6, 6.07) is 5.35. The van der Waals surface area contributed by atoms with Gasteiger partial charge < -0.3 is 5.32 Å². The molecule has 1 heterocycles. The maximum Gasteiger partial charge on any atom is 0.435 e. The predicted octanol–water partition coefficient (Wildman–Crippen LogP) is 4.16. The number of alkyl halides is 3. The van der Waals surface area contributed by atoms with Gasteiger partial charge in [0.1, 0.15) is 6.54 Å². The zero-order valence-electron chi connectivity index (χ0n) is 11.2. The molecule has 0 fully saturated rings. The smallest absolute Gasteiger partial charge is 0.323 e. The molecule has 1 aromatic heterocycles. The van der Waals surface area contributed by atoms with E-state index < -0.39 is 17.8 Å². The maximum absolute atomic E-state index is 12.5. The third-order valence-electron chi connectivity index (χ3n) is 2.77. The van der Waals surface area contributed by atoms with Crippen LogP contribution in [0.5, 0.6) is 0 Å². The van der Waals surface area contributed by atoms with E-state index in [2.05, 4.69) is 10.4 Å². The van der Waals surface area contributed by atoms with E-state index in [1.54, 1.807) is 0 Å². The second-order valence-electron chi connectivity index (χ2n) is 4.50. The van der Waals surface area contributed by atoms with Gasteiger partial charge in [-0.3, -0.25) is 9.48 Å². The molecular formula is C13H10Cl2F3N3O. The number of rotatable bonds is 3. The first-order valence-corrected chi connectivity index (χ1v) is 6.79. The average molecular weight is 352 g/mol. The standard InChI is InChI=1S/C13H10Cl2F3N3O/c1-7-4-11(13(16,17)18)20-21(7)6-12(22)19-10-3-2-8(14)5-9(10)15/h2-5H,6H2,1H3,(H,19,22). The summed E-state index contributed by atoms with van der Waals surface area (Å²) in [6.45, 7) is 1.08. The number of aromatic nitrogens is 2. The van der Waals surface area contributed by atoms with Gasteiger partial charge >= 0.3 is 6.18 Å². The van der Waals surface area contributed by atoms with Crippen LogP contribution in [0.1, 0.15) is 11.4 Å². The van der Waals surface area contributed by atoms with Crippen molar-refractivity contribution in [2.45, 2.75) is 19.6 Å². The molecule has 0 atom stereocenters. The van der Waals surface area contributed by atoms with Crippen LogP contribution in [0.4, 0.5) is 18.9 Å². The second kappa shape index (κ2) is 6.18. The molecule has 0 radical (unpaired) electrons. The Labute approximate surface area is 133 Å². The lowest BCUT2D eigenvalue weighted by molar-refractivity contribution is -0.141. The first-order chi connectivity index (χ1) is 10.2. The number of benzene rings is 1. The highest BCUT2D eigenvalue weighted by molar-refractivity contribution is 6.36. The molecule has 0 bridgehead atoms. The average Bonchev–Trinajstić information content (AvgIpc) is 2.74. The third kappa shape index (κ3) is 3.92. The van der Waals surface area contributed by atoms with Crippen molar-refractivity contribution in [3.05, 3.63) is 45.7 Å². The van der Waals surface area contributed by atoms with Crippen LogP contribution in [0.15, 0.2) is 24.3 Å². The van der Waals surface area contributed by atoms with Crippen LogP contribution in [-0.2, 0) is 17.5 Å². The molecule has 0 saturated carbocycles. The molecule has 0 aliphatic heterocycles. The van der Waals surface area contributed by atoms with E-state index in [4.69, 9.17) is 23.2 Å². The molecule has 118 valence electrons. The molecule has 0 unspecified atom stereocenters. The lowest BCUT2D eigenvalue weighted by Crippen LogP contribution is -2.21. The Hall–Kier alpha value is -1.73. The molecule has 2 rings (SSSR count). The number of amides is 1. The normalized spacial score (nSPS) is 11.5. The highest BCUT2D eigenvalue weighted by Crippen LogP contribution is 2.28. The number of carbonyl (C=O) groups is 1. The first kappa shape index (κ1) is 16.6. The molecule has 1 amide bonds. The van der Waals surface area contributed by atoms with Gasteiger partial charge in [-0.25, -0.2) is 0 Å². The van der Waals surface area contributed by atoms with Crippen LogP contribution in [0, 0.1) is 6.92 Å². The van der Waals surface area contributed by atoms with Crippen LogP contribution in [-0.4, -0.2) is 15.7 Å². The Morgan fingerprint density at radius 1 is 1.32 bits per heavy atom. The Morgan fingerprint density at radius 3 is 2.55 bits per heavy atom. The van der Waals surface area contributed by atoms with Gasteiger partial charge in [0.2, 0.25) is 5.91 Å². The Morgan fingerprint density at radius 2 is 2.00 bits per heavy atom. The number of anilines is 1. The van der Waals surface area contributed by atoms with Crippen molar-refractivity contribution in [1.82, 2.24) is 9.78 Å². The molecule has 1 N–H and O–H groups in total. The zero-order valence-corrected chi connectivity index (χ0v) is 12.7. The fourth-order valence-electron chi connectivity index (χ4n) is 1.73. The number of carbonyl (C=O) groups excluding carboxylic acids is 1. The molecule has 22 heavy (non-hydrogen) atoms. The van der Waals surface area contributed by atoms with Gasteiger partial charge in [0, 0.05) is 10.7 Å². The topological polar surface area (TPSA) is 46.9 Å². The van der Waals surface area contributed by atoms with Crippen molar-refractivity contribution in [2.75, 3.05) is 5.32 Å². The summed E-state index contributed by atoms with van der Waals surface area (Å²) in [5, 5.41) is 6.50. The minimum absolute atomic E-state index is 0.227. The number of nitrogens with zero attached hydrogens (tertiary/aromatic N) is 2. The van der Waals surface area contributed by atoms with Crippen molar-refractivity contribution < 1.29 is 18.0 Å². The van der Waals surface area contributed by atoms with Crippen molar-refractivity contribution in [1.29, 1.82) is 0 Å². The van der Waals surface area contributed by atoms with Crippen LogP contribution in [0.25, 0.3) is 0 Å². The highest BCUT2D eigenvalue weighted by atomic mass is 35.5. The molecule has 1 aromatic carbocycles. The van der Waals surface area contributed by atoms with E-state index in [-0.39, 0.29) is 17.3 Å². The monoisotopic (exact) mass is 351 g/mol. The van der Waals surface area contributed by atoms with Gasteiger partial charge in [-0.2, -0.15) is 18.3 Å². The van der Waals surface area contributed by atoms with Crippen molar-refractivity contribution in [2.24, 2.45) is 0 Å². The summed E-state index contributed by atoms with van der Waals surface area (Å²) in [5.74, 6) is -0.552. The Balaban J connectivity index is 2.11. The summed E-state index contributed by atoms with van der Waals surface area (Å²) < 4.78 is 38.6. The molecule has 0 aliphatic carbocycles. The zero-order chi connectivity index (χ0) is 16.5. The largest absolute Gasteiger partial charge is 0.435 e. The predicted molar refractivity (Wildman–Crippen MR) is 77.1 cm³/mol. The Kier molecular flexibility index (Phi) is 4.67. The van der Waals surface area contributed by atoms with Gasteiger partial charge in [0.05, 0.1) is 10.7 Å². The van der Waals surface area contributed by atoms with E-state index in [1.165, 1.54) is 25.1 Å². The Bertz CT molecular complexity index is 713. The number of nitrogens with one attached hydrogen (secondary N) is 1. The third-order valence-corrected chi connectivity index (χ3v) is 3.32. The molecule has 2 aromatic rings. The van der Waals surface area contributed by atoms with Gasteiger partial charge in [0.25, 0.3) is 0 Å². The highest BCUT2D eigenvalue weighted by Gasteiger charge is 2.34. The quantitative estimate of drug-likeness (QED) is 0.902. The minimum atomic E-state index is -4.55. The summed E-state index contributed by atoms with van der Waals surface area (Å²) in [6.07, 6.45) is -4.55. The fourth-order valence-corrected chi connectivity index (χ4v) is 2.18. The van der Waals surface area contributed by atoms with Crippen LogP contribution >= 0.6 is 23.2 Å². The van der Waals surface area contributed by atoms with E-state index in [9.17, 15) is 18.0 Å². The van der Waals surface area contributed by atoms with Crippen molar-refractivity contribution in [3.63, 3.8) is 0 Å². The molecular weight excluding hydrogens is 342 g/mol. The van der Waals surface area contributed by atoms with Gasteiger partial charge in [-0.1, -0.05) is 23.2 Å². The second-order valence-corrected chi connectivity index (χ2v) is 5.34. The van der Waals surface area contributed by atoms with Crippen molar-refractivity contribution >= 4 is 34.8 Å². The van der Waals surface area contributed by atoms with Crippen LogP contribution in [0.3, 0.4) is 0 Å². The summed E-state index contributed by atoms with van der Waals surface area (Å²) >= 11 is 11.6. The van der Waals surface area contributed by atoms with Gasteiger partial charge in [-0.05, 0) is 31.2 Å². The number of hydrogen-bond acceptors (Lipinski definition) is 2. The van der Waals surface area contributed by atoms with Crippen molar-refractivity contribution in [3.8, 4) is 0 Å². The molecule has 4 nitrogen and oxygen atoms in total. The minimum Gasteiger partial charge on any atom is -0.323 e. The first-order valence-electron chi connectivity index (χ1n) is 6.03. The van der Waals surface area contributed by atoms with E-state index in [0.29, 0.717) is 10.7 Å². The molecule has 9 heteroatoms. The molecule has 0 saturated heterocycles. The summed E-state index contributed by atoms with van der Waals surface area (Å²) in [4.78, 5) is 11.9. The lowest BCUT2D eigenvalue weighted by Gasteiger charge is -2.08. The van der Waals surface area contributed by atoms with E-state index in [1.807, 2.05) is 0 Å². The number of aryl methyl sites for hydroxylation is 1. The van der Waals surface area contributed by atoms with Gasteiger partial charge in [0.15, 0.2) is 5.69 Å². The number of hydrogen-bond donors (Lipinski definition) is 1. The van der Waals surface area contributed by atoms with E-state index in [0.717, 1.165) is 10.7 Å². The molecule has 0 aliphatic rings. The fraction of sp³-hybridized carbons (Fsp3) is 0.231. The van der Waals surface area contributed by atoms with E-state index >= 15 is 0 Å². The number of halogens is 5. The van der Waals surface area contributed by atoms with Crippen LogP contribution in [0.2, 0.25) is 10.0 Å². The van der Waals surface area contributed by atoms with Crippen LogP contribution < -0.4 is 5.32 Å². The summed E-state index contributed by atoms with van der Waals surface area (Å²) in [5.41, 5.74) is -0.496.